The zero-order valence-corrected chi connectivity index (χ0v) is 16.5. The fourth-order valence-electron chi connectivity index (χ4n) is 3.13. The number of aryl methyl sites for hydroxylation is 3. The summed E-state index contributed by atoms with van der Waals surface area (Å²) < 4.78 is 3.49. The van der Waals surface area contributed by atoms with Gasteiger partial charge in [0.15, 0.2) is 4.77 Å². The smallest absolute Gasteiger partial charge is 0.262 e. The van der Waals surface area contributed by atoms with Gasteiger partial charge in [0.2, 0.25) is 5.91 Å². The van der Waals surface area contributed by atoms with Gasteiger partial charge in [-0.15, -0.1) is 0 Å². The van der Waals surface area contributed by atoms with E-state index < -0.39 is 6.04 Å². The number of carbonyl (C=O) groups is 1. The number of nitrogens with one attached hydrogen (secondary N) is 2. The first-order valence-corrected chi connectivity index (χ1v) is 9.31. The molecule has 1 atom stereocenters. The Balaban J connectivity index is 1.67. The fraction of sp³-hybridized carbons (Fsp3) is 0.368. The van der Waals surface area contributed by atoms with Crippen molar-refractivity contribution in [2.75, 3.05) is 6.54 Å². The lowest BCUT2D eigenvalue weighted by Crippen LogP contribution is -2.37. The predicted octanol–water partition coefficient (Wildman–Crippen LogP) is 2.64. The Hall–Kier alpha value is -2.74. The lowest BCUT2D eigenvalue weighted by molar-refractivity contribution is -0.124. The second-order valence-corrected chi connectivity index (χ2v) is 7.01. The molecule has 1 unspecified atom stereocenters. The zero-order chi connectivity index (χ0) is 19.6. The summed E-state index contributed by atoms with van der Waals surface area (Å²) in [4.78, 5) is 28.3. The Kier molecular flexibility index (Phi) is 5.55. The van der Waals surface area contributed by atoms with Crippen LogP contribution in [0.15, 0.2) is 35.1 Å². The summed E-state index contributed by atoms with van der Waals surface area (Å²) in [5, 5.41) is 7.79. The summed E-state index contributed by atoms with van der Waals surface area (Å²) in [6.45, 7) is 6.87. The third kappa shape index (κ3) is 4.00. The van der Waals surface area contributed by atoms with Crippen LogP contribution in [0.5, 0.6) is 0 Å². The Bertz CT molecular complexity index is 1100. The topological polar surface area (TPSA) is 84.7 Å². The van der Waals surface area contributed by atoms with Crippen LogP contribution < -0.4 is 10.9 Å². The average Bonchev–Trinajstić information content (AvgIpc) is 2.95. The van der Waals surface area contributed by atoms with Gasteiger partial charge in [-0.1, -0.05) is 12.1 Å². The van der Waals surface area contributed by atoms with Crippen molar-refractivity contribution >= 4 is 29.0 Å². The predicted molar refractivity (Wildman–Crippen MR) is 107 cm³/mol. The molecule has 2 N–H and O–H groups in total. The van der Waals surface area contributed by atoms with Crippen molar-refractivity contribution in [3.8, 4) is 0 Å². The Morgan fingerprint density at radius 3 is 2.78 bits per heavy atom. The van der Waals surface area contributed by atoms with Crippen LogP contribution in [0.25, 0.3) is 10.9 Å². The van der Waals surface area contributed by atoms with Gasteiger partial charge in [-0.05, 0) is 57.6 Å². The van der Waals surface area contributed by atoms with Crippen LogP contribution in [0.4, 0.5) is 0 Å². The summed E-state index contributed by atoms with van der Waals surface area (Å²) in [7, 11) is 0. The highest BCUT2D eigenvalue weighted by Crippen LogP contribution is 2.10. The van der Waals surface area contributed by atoms with Gasteiger partial charge < -0.3 is 10.3 Å². The third-order valence-electron chi connectivity index (χ3n) is 4.55. The quantitative estimate of drug-likeness (QED) is 0.505. The van der Waals surface area contributed by atoms with E-state index >= 15 is 0 Å². The number of amides is 1. The monoisotopic (exact) mass is 385 g/mol. The Morgan fingerprint density at radius 1 is 1.33 bits per heavy atom. The minimum absolute atomic E-state index is 0.236. The number of carbonyl (C=O) groups excluding carboxylic acids is 1. The molecule has 1 aromatic carbocycles. The number of aromatic nitrogens is 4. The highest BCUT2D eigenvalue weighted by atomic mass is 32.1. The molecule has 27 heavy (non-hydrogen) atoms. The van der Waals surface area contributed by atoms with Crippen molar-refractivity contribution in [1.29, 1.82) is 0 Å². The molecule has 0 aliphatic carbocycles. The van der Waals surface area contributed by atoms with E-state index in [0.717, 1.165) is 24.4 Å². The van der Waals surface area contributed by atoms with Crippen LogP contribution in [-0.4, -0.2) is 31.8 Å². The van der Waals surface area contributed by atoms with Crippen LogP contribution in [0.1, 0.15) is 30.8 Å². The zero-order valence-electron chi connectivity index (χ0n) is 15.7. The molecule has 3 rings (SSSR count). The van der Waals surface area contributed by atoms with E-state index in [-0.39, 0.29) is 16.2 Å². The first-order chi connectivity index (χ1) is 12.9. The number of fused-ring (bicyclic) bond motifs is 1. The maximum atomic E-state index is 12.7. The first-order valence-electron chi connectivity index (χ1n) is 8.91. The SMILES string of the molecule is Cc1cc(C)n(CCCNC(=O)C(C)n2c(=S)[nH]c3ccccc3c2=O)n1. The molecule has 7 nitrogen and oxygen atoms in total. The van der Waals surface area contributed by atoms with Crippen molar-refractivity contribution in [1.82, 2.24) is 24.6 Å². The Morgan fingerprint density at radius 2 is 2.07 bits per heavy atom. The summed E-state index contributed by atoms with van der Waals surface area (Å²) in [6.07, 6.45) is 0.750. The van der Waals surface area contributed by atoms with Crippen LogP contribution in [-0.2, 0) is 11.3 Å². The first kappa shape index (κ1) is 19.0. The van der Waals surface area contributed by atoms with Gasteiger partial charge in [0.1, 0.15) is 6.04 Å². The van der Waals surface area contributed by atoms with Gasteiger partial charge in [0.05, 0.1) is 16.6 Å². The fourth-order valence-corrected chi connectivity index (χ4v) is 3.49. The molecule has 0 saturated carbocycles. The molecule has 142 valence electrons. The highest BCUT2D eigenvalue weighted by Gasteiger charge is 2.18. The van der Waals surface area contributed by atoms with E-state index in [2.05, 4.69) is 15.4 Å². The summed E-state index contributed by atoms with van der Waals surface area (Å²) in [5.74, 6) is -0.236. The summed E-state index contributed by atoms with van der Waals surface area (Å²) in [6, 6.07) is 8.46. The van der Waals surface area contributed by atoms with E-state index in [1.54, 1.807) is 25.1 Å². The normalized spacial score (nSPS) is 12.3. The molecule has 0 radical (unpaired) electrons. The lowest BCUT2D eigenvalue weighted by Gasteiger charge is -2.16. The number of rotatable bonds is 6. The Labute approximate surface area is 162 Å². The van der Waals surface area contributed by atoms with Gasteiger partial charge >= 0.3 is 0 Å². The van der Waals surface area contributed by atoms with E-state index in [0.29, 0.717) is 17.4 Å². The van der Waals surface area contributed by atoms with E-state index in [1.807, 2.05) is 30.7 Å². The van der Waals surface area contributed by atoms with Crippen LogP contribution in [0.3, 0.4) is 0 Å². The number of aromatic amines is 1. The van der Waals surface area contributed by atoms with Crippen LogP contribution >= 0.6 is 12.2 Å². The molecular weight excluding hydrogens is 362 g/mol. The molecule has 0 bridgehead atoms. The van der Waals surface area contributed by atoms with Crippen LogP contribution in [0, 0.1) is 18.6 Å². The van der Waals surface area contributed by atoms with Crippen molar-refractivity contribution in [2.45, 2.75) is 39.8 Å². The number of para-hydroxylation sites is 1. The van der Waals surface area contributed by atoms with Crippen molar-refractivity contribution < 1.29 is 4.79 Å². The minimum atomic E-state index is -0.695. The molecule has 2 aromatic heterocycles. The second kappa shape index (κ2) is 7.87. The maximum absolute atomic E-state index is 12.7. The van der Waals surface area contributed by atoms with Crippen molar-refractivity contribution in [3.63, 3.8) is 0 Å². The number of H-pyrrole nitrogens is 1. The van der Waals surface area contributed by atoms with E-state index in [1.165, 1.54) is 4.57 Å². The van der Waals surface area contributed by atoms with Gasteiger partial charge in [0, 0.05) is 18.8 Å². The van der Waals surface area contributed by atoms with Gasteiger partial charge in [-0.2, -0.15) is 5.10 Å². The largest absolute Gasteiger partial charge is 0.354 e. The molecule has 8 heteroatoms. The van der Waals surface area contributed by atoms with Gasteiger partial charge in [0.25, 0.3) is 5.56 Å². The van der Waals surface area contributed by atoms with Crippen LogP contribution in [0.2, 0.25) is 0 Å². The molecule has 2 heterocycles. The average molecular weight is 385 g/mol. The molecular formula is C19H23N5O2S. The van der Waals surface area contributed by atoms with Gasteiger partial charge in [-0.25, -0.2) is 0 Å². The highest BCUT2D eigenvalue weighted by molar-refractivity contribution is 7.71. The van der Waals surface area contributed by atoms with Crippen molar-refractivity contribution in [3.05, 3.63) is 56.8 Å². The van der Waals surface area contributed by atoms with Gasteiger partial charge in [-0.3, -0.25) is 18.8 Å². The molecule has 0 aliphatic heterocycles. The van der Waals surface area contributed by atoms with Crippen molar-refractivity contribution in [2.24, 2.45) is 0 Å². The maximum Gasteiger partial charge on any atom is 0.262 e. The lowest BCUT2D eigenvalue weighted by atomic mass is 10.2. The number of hydrogen-bond donors (Lipinski definition) is 2. The molecule has 0 fully saturated rings. The molecule has 0 saturated heterocycles. The second-order valence-electron chi connectivity index (χ2n) is 6.62. The van der Waals surface area contributed by atoms with E-state index in [4.69, 9.17) is 12.2 Å². The third-order valence-corrected chi connectivity index (χ3v) is 4.85. The molecule has 3 aromatic rings. The molecule has 0 aliphatic rings. The number of nitrogens with zero attached hydrogens (tertiary/aromatic N) is 3. The number of benzene rings is 1. The van der Waals surface area contributed by atoms with E-state index in [9.17, 15) is 9.59 Å². The summed E-state index contributed by atoms with van der Waals surface area (Å²) in [5.41, 5.74) is 2.48. The summed E-state index contributed by atoms with van der Waals surface area (Å²) >= 11 is 5.29. The minimum Gasteiger partial charge on any atom is -0.354 e. The molecule has 1 amide bonds. The number of hydrogen-bond acceptors (Lipinski definition) is 4. The molecule has 0 spiro atoms. The standard InChI is InChI=1S/C19H23N5O2S/c1-12-11-13(2)23(22-12)10-6-9-20-17(25)14(3)24-18(26)15-7-4-5-8-16(15)21-19(24)27/h4-5,7-8,11,14H,6,9-10H2,1-3H3,(H,20,25)(H,21,27).